The highest BCUT2D eigenvalue weighted by Crippen LogP contribution is 2.10. The highest BCUT2D eigenvalue weighted by atomic mass is 16.6. The van der Waals surface area contributed by atoms with Gasteiger partial charge in [0.1, 0.15) is 5.60 Å². The molecular formula is C23H35N5O3. The molecule has 1 aliphatic rings. The van der Waals surface area contributed by atoms with E-state index >= 15 is 0 Å². The van der Waals surface area contributed by atoms with Gasteiger partial charge in [-0.2, -0.15) is 0 Å². The Bertz CT molecular complexity index is 753. The van der Waals surface area contributed by atoms with Crippen LogP contribution in [0.3, 0.4) is 0 Å². The van der Waals surface area contributed by atoms with Gasteiger partial charge in [-0.25, -0.2) is 9.78 Å². The Morgan fingerprint density at radius 1 is 1.23 bits per heavy atom. The van der Waals surface area contributed by atoms with Crippen LogP contribution in [-0.2, 0) is 22.6 Å². The number of nitrogens with zero attached hydrogens (tertiary/aromatic N) is 4. The predicted octanol–water partition coefficient (Wildman–Crippen LogP) is 2.76. The van der Waals surface area contributed by atoms with Crippen LogP contribution in [-0.4, -0.2) is 70.2 Å². The first kappa shape index (κ1) is 24.4. The highest BCUT2D eigenvalue weighted by molar-refractivity contribution is 5.68. The Hall–Kier alpha value is -2.87. The molecule has 0 unspecified atom stereocenters. The van der Waals surface area contributed by atoms with E-state index in [1.807, 2.05) is 61.9 Å². The SMILES string of the molecule is CC(C)(C)OC(=O)N1CCNCC1.O=CN(CCCn1ccnc1)Cc1ccccc1. The van der Waals surface area contributed by atoms with Crippen molar-refractivity contribution in [2.45, 2.75) is 45.9 Å². The fourth-order valence-electron chi connectivity index (χ4n) is 3.04. The molecule has 8 heteroatoms. The first-order valence-electron chi connectivity index (χ1n) is 10.7. The Morgan fingerprint density at radius 2 is 1.94 bits per heavy atom. The first-order valence-corrected chi connectivity index (χ1v) is 10.7. The topological polar surface area (TPSA) is 79.7 Å². The largest absolute Gasteiger partial charge is 0.444 e. The van der Waals surface area contributed by atoms with Crippen LogP contribution in [0.2, 0.25) is 0 Å². The first-order chi connectivity index (χ1) is 14.9. The molecule has 0 bridgehead atoms. The van der Waals surface area contributed by atoms with Crippen LogP contribution in [0, 0.1) is 0 Å². The second-order valence-corrected chi connectivity index (χ2v) is 8.43. The van der Waals surface area contributed by atoms with Crippen molar-refractivity contribution in [3.8, 4) is 0 Å². The van der Waals surface area contributed by atoms with Crippen molar-refractivity contribution in [2.24, 2.45) is 0 Å². The lowest BCUT2D eigenvalue weighted by molar-refractivity contribution is -0.118. The van der Waals surface area contributed by atoms with Crippen LogP contribution in [0.25, 0.3) is 0 Å². The average molecular weight is 430 g/mol. The van der Waals surface area contributed by atoms with E-state index in [0.717, 1.165) is 57.7 Å². The van der Waals surface area contributed by atoms with Gasteiger partial charge in [0, 0.05) is 58.2 Å². The van der Waals surface area contributed by atoms with Gasteiger partial charge in [0.25, 0.3) is 0 Å². The van der Waals surface area contributed by atoms with E-state index in [1.165, 1.54) is 0 Å². The van der Waals surface area contributed by atoms with E-state index in [2.05, 4.69) is 10.3 Å². The number of benzene rings is 1. The van der Waals surface area contributed by atoms with Gasteiger partial charge < -0.3 is 24.4 Å². The zero-order valence-corrected chi connectivity index (χ0v) is 18.9. The summed E-state index contributed by atoms with van der Waals surface area (Å²) in [5, 5.41) is 3.18. The third-order valence-corrected chi connectivity index (χ3v) is 4.57. The molecule has 0 spiro atoms. The maximum absolute atomic E-state index is 11.5. The van der Waals surface area contributed by atoms with Gasteiger partial charge in [0.05, 0.1) is 6.33 Å². The summed E-state index contributed by atoms with van der Waals surface area (Å²) in [5.41, 5.74) is 0.773. The molecule has 170 valence electrons. The monoisotopic (exact) mass is 429 g/mol. The predicted molar refractivity (Wildman–Crippen MR) is 120 cm³/mol. The maximum atomic E-state index is 11.5. The molecule has 1 aliphatic heterocycles. The van der Waals surface area contributed by atoms with Crippen molar-refractivity contribution in [1.29, 1.82) is 0 Å². The quantitative estimate of drug-likeness (QED) is 0.685. The number of piperazine rings is 1. The van der Waals surface area contributed by atoms with E-state index in [-0.39, 0.29) is 11.7 Å². The Kier molecular flexibility index (Phi) is 10.0. The fraction of sp³-hybridized carbons (Fsp3) is 0.522. The molecule has 0 radical (unpaired) electrons. The molecule has 0 aliphatic carbocycles. The number of carbonyl (C=O) groups excluding carboxylic acids is 2. The number of amides is 2. The molecule has 1 fully saturated rings. The lowest BCUT2D eigenvalue weighted by atomic mass is 10.2. The molecule has 1 aromatic carbocycles. The summed E-state index contributed by atoms with van der Waals surface area (Å²) >= 11 is 0. The second kappa shape index (κ2) is 12.7. The van der Waals surface area contributed by atoms with Crippen LogP contribution in [0.1, 0.15) is 32.8 Å². The standard InChI is InChI=1S/C14H17N3O.C9H18N2O2/c18-13-17(11-14-5-2-1-3-6-14)9-4-8-16-10-7-15-12-16;1-9(2,3)13-8(12)11-6-4-10-5-7-11/h1-3,5-7,10,12-13H,4,8-9,11H2;10H,4-7H2,1-3H3. The number of carbonyl (C=O) groups is 2. The number of ether oxygens (including phenoxy) is 1. The van der Waals surface area contributed by atoms with Gasteiger partial charge in [0.2, 0.25) is 6.41 Å². The number of aromatic nitrogens is 2. The minimum atomic E-state index is -0.387. The van der Waals surface area contributed by atoms with E-state index in [9.17, 15) is 9.59 Å². The molecule has 0 saturated carbocycles. The summed E-state index contributed by atoms with van der Waals surface area (Å²) in [5.74, 6) is 0. The third-order valence-electron chi connectivity index (χ3n) is 4.57. The summed E-state index contributed by atoms with van der Waals surface area (Å²) in [6.45, 7) is 11.2. The number of hydrogen-bond acceptors (Lipinski definition) is 5. The maximum Gasteiger partial charge on any atom is 0.410 e. The molecule has 1 aromatic heterocycles. The minimum Gasteiger partial charge on any atom is -0.444 e. The Morgan fingerprint density at radius 3 is 2.52 bits per heavy atom. The van der Waals surface area contributed by atoms with Gasteiger partial charge in [-0.15, -0.1) is 0 Å². The number of rotatable bonds is 7. The van der Waals surface area contributed by atoms with E-state index < -0.39 is 0 Å². The Balaban J connectivity index is 0.000000233. The van der Waals surface area contributed by atoms with Crippen molar-refractivity contribution < 1.29 is 14.3 Å². The van der Waals surface area contributed by atoms with Crippen molar-refractivity contribution in [3.05, 3.63) is 54.6 Å². The average Bonchev–Trinajstić information content (AvgIpc) is 3.27. The zero-order valence-electron chi connectivity index (χ0n) is 18.9. The van der Waals surface area contributed by atoms with Crippen molar-refractivity contribution >= 4 is 12.5 Å². The molecular weight excluding hydrogens is 394 g/mol. The number of imidazole rings is 1. The molecule has 0 atom stereocenters. The summed E-state index contributed by atoms with van der Waals surface area (Å²) in [6.07, 6.45) is 7.14. The van der Waals surface area contributed by atoms with Gasteiger partial charge in [-0.05, 0) is 32.8 Å². The lowest BCUT2D eigenvalue weighted by Crippen LogP contribution is -2.48. The molecule has 31 heavy (non-hydrogen) atoms. The van der Waals surface area contributed by atoms with Crippen molar-refractivity contribution in [3.63, 3.8) is 0 Å². The normalized spacial score (nSPS) is 13.7. The molecule has 2 heterocycles. The van der Waals surface area contributed by atoms with Gasteiger partial charge >= 0.3 is 6.09 Å². The van der Waals surface area contributed by atoms with E-state index in [0.29, 0.717) is 6.54 Å². The molecule has 2 amide bonds. The Labute approximate surface area is 185 Å². The summed E-state index contributed by atoms with van der Waals surface area (Å²) in [4.78, 5) is 30.0. The van der Waals surface area contributed by atoms with Crippen LogP contribution < -0.4 is 5.32 Å². The molecule has 8 nitrogen and oxygen atoms in total. The summed E-state index contributed by atoms with van der Waals surface area (Å²) in [6, 6.07) is 10.0. The van der Waals surface area contributed by atoms with Gasteiger partial charge in [0.15, 0.2) is 0 Å². The molecule has 2 aromatic rings. The van der Waals surface area contributed by atoms with Crippen LogP contribution in [0.5, 0.6) is 0 Å². The van der Waals surface area contributed by atoms with Crippen molar-refractivity contribution in [2.75, 3.05) is 32.7 Å². The van der Waals surface area contributed by atoms with Crippen molar-refractivity contribution in [1.82, 2.24) is 24.7 Å². The molecule has 1 saturated heterocycles. The van der Waals surface area contributed by atoms with Gasteiger partial charge in [-0.3, -0.25) is 4.79 Å². The molecule has 1 N–H and O–H groups in total. The third kappa shape index (κ3) is 10.1. The van der Waals surface area contributed by atoms with E-state index in [1.54, 1.807) is 22.3 Å². The van der Waals surface area contributed by atoms with Crippen LogP contribution in [0.4, 0.5) is 4.79 Å². The number of aryl methyl sites for hydroxylation is 1. The molecule has 3 rings (SSSR count). The summed E-state index contributed by atoms with van der Waals surface area (Å²) < 4.78 is 7.26. The van der Waals surface area contributed by atoms with Crippen LogP contribution >= 0.6 is 0 Å². The summed E-state index contributed by atoms with van der Waals surface area (Å²) in [7, 11) is 0. The number of nitrogens with one attached hydrogen (secondary N) is 1. The lowest BCUT2D eigenvalue weighted by Gasteiger charge is -2.30. The van der Waals surface area contributed by atoms with E-state index in [4.69, 9.17) is 4.74 Å². The smallest absolute Gasteiger partial charge is 0.410 e. The van der Waals surface area contributed by atoms with Crippen LogP contribution in [0.15, 0.2) is 49.1 Å². The zero-order chi connectivity index (χ0) is 22.5. The highest BCUT2D eigenvalue weighted by Gasteiger charge is 2.22. The second-order valence-electron chi connectivity index (χ2n) is 8.43. The number of hydrogen-bond donors (Lipinski definition) is 1. The minimum absolute atomic E-state index is 0.200. The fourth-order valence-corrected chi connectivity index (χ4v) is 3.04. The van der Waals surface area contributed by atoms with Gasteiger partial charge in [-0.1, -0.05) is 30.3 Å².